The van der Waals surface area contributed by atoms with E-state index >= 15 is 0 Å². The van der Waals surface area contributed by atoms with Crippen LogP contribution in [0.3, 0.4) is 0 Å². The second-order valence-corrected chi connectivity index (χ2v) is 5.40. The third kappa shape index (κ3) is 4.21. The lowest BCUT2D eigenvalue weighted by molar-refractivity contribution is -0.144. The third-order valence-electron chi connectivity index (χ3n) is 3.53. The van der Waals surface area contributed by atoms with E-state index in [0.29, 0.717) is 5.76 Å². The number of esters is 1. The number of carbonyl (C=O) groups excluding carboxylic acids is 2. The van der Waals surface area contributed by atoms with Gasteiger partial charge >= 0.3 is 5.97 Å². The van der Waals surface area contributed by atoms with Gasteiger partial charge in [0.05, 0.1) is 12.3 Å². The van der Waals surface area contributed by atoms with E-state index in [-0.39, 0.29) is 11.5 Å². The predicted molar refractivity (Wildman–Crippen MR) is 78.1 cm³/mol. The molecule has 0 bridgehead atoms. The molecule has 7 heteroatoms. The number of nitriles is 2. The van der Waals surface area contributed by atoms with Gasteiger partial charge in [0.1, 0.15) is 22.9 Å². The quantitative estimate of drug-likeness (QED) is 0.483. The minimum Gasteiger partial charge on any atom is -0.465 e. The van der Waals surface area contributed by atoms with Crippen LogP contribution in [0, 0.1) is 28.6 Å². The molecule has 1 aliphatic rings. The summed E-state index contributed by atoms with van der Waals surface area (Å²) in [7, 11) is 0. The Hall–Kier alpha value is -3.06. The van der Waals surface area contributed by atoms with E-state index < -0.39 is 24.0 Å². The summed E-state index contributed by atoms with van der Waals surface area (Å²) >= 11 is 0. The van der Waals surface area contributed by atoms with Crippen LogP contribution < -0.4 is 5.32 Å². The van der Waals surface area contributed by atoms with E-state index in [0.717, 1.165) is 12.8 Å². The molecule has 0 unspecified atom stereocenters. The summed E-state index contributed by atoms with van der Waals surface area (Å²) in [5, 5.41) is 20.7. The van der Waals surface area contributed by atoms with Crippen LogP contribution >= 0.6 is 0 Å². The maximum absolute atomic E-state index is 11.8. The monoisotopic (exact) mass is 313 g/mol. The molecule has 0 spiro atoms. The van der Waals surface area contributed by atoms with E-state index in [4.69, 9.17) is 19.7 Å². The zero-order valence-corrected chi connectivity index (χ0v) is 12.5. The Bertz CT molecular complexity index is 705. The first-order valence-corrected chi connectivity index (χ1v) is 7.03. The topological polar surface area (TPSA) is 116 Å². The largest absolute Gasteiger partial charge is 0.465 e. The molecule has 0 aromatic carbocycles. The fourth-order valence-corrected chi connectivity index (χ4v) is 2.07. The molecule has 1 aliphatic carbocycles. The van der Waals surface area contributed by atoms with Gasteiger partial charge in [-0.15, -0.1) is 0 Å². The van der Waals surface area contributed by atoms with Crippen molar-refractivity contribution in [2.45, 2.75) is 25.3 Å². The van der Waals surface area contributed by atoms with E-state index in [9.17, 15) is 9.59 Å². The van der Waals surface area contributed by atoms with E-state index in [1.54, 1.807) is 25.1 Å². The summed E-state index contributed by atoms with van der Waals surface area (Å²) in [5.74, 6) is -1.05. The minimum atomic E-state index is -0.953. The molecule has 0 radical (unpaired) electrons. The van der Waals surface area contributed by atoms with Crippen LogP contribution in [0.2, 0.25) is 0 Å². The highest BCUT2D eigenvalue weighted by Gasteiger charge is 2.43. The number of amides is 1. The molecule has 0 aliphatic heterocycles. The lowest BCUT2D eigenvalue weighted by Gasteiger charge is -2.22. The molecule has 1 aromatic heterocycles. The highest BCUT2D eigenvalue weighted by molar-refractivity contribution is 5.98. The highest BCUT2D eigenvalue weighted by Crippen LogP contribution is 2.39. The van der Waals surface area contributed by atoms with Gasteiger partial charge in [-0.3, -0.25) is 4.79 Å². The zero-order chi connectivity index (χ0) is 16.9. The molecule has 1 saturated carbocycles. The molecular weight excluding hydrogens is 298 g/mol. The minimum absolute atomic E-state index is 0.126. The number of carbonyl (C=O) groups is 2. The van der Waals surface area contributed by atoms with Gasteiger partial charge in [-0.2, -0.15) is 10.5 Å². The molecule has 1 heterocycles. The van der Waals surface area contributed by atoms with E-state index in [1.165, 1.54) is 12.3 Å². The van der Waals surface area contributed by atoms with Gasteiger partial charge in [-0.05, 0) is 37.8 Å². The third-order valence-corrected chi connectivity index (χ3v) is 3.53. The van der Waals surface area contributed by atoms with Crippen LogP contribution in [-0.4, -0.2) is 24.0 Å². The van der Waals surface area contributed by atoms with Crippen molar-refractivity contribution in [1.82, 2.24) is 5.32 Å². The smallest absolute Gasteiger partial charge is 0.349 e. The Balaban J connectivity index is 1.89. The number of furan rings is 1. The predicted octanol–water partition coefficient (Wildman–Crippen LogP) is 1.54. The van der Waals surface area contributed by atoms with Crippen LogP contribution in [0.5, 0.6) is 0 Å². The number of rotatable bonds is 6. The summed E-state index contributed by atoms with van der Waals surface area (Å²) in [6.45, 7) is 1.09. The van der Waals surface area contributed by atoms with Crippen LogP contribution in [0.25, 0.3) is 6.08 Å². The van der Waals surface area contributed by atoms with Gasteiger partial charge < -0.3 is 14.5 Å². The summed E-state index contributed by atoms with van der Waals surface area (Å²) < 4.78 is 9.81. The molecule has 1 N–H and O–H groups in total. The van der Waals surface area contributed by atoms with Gasteiger partial charge in [-0.1, -0.05) is 0 Å². The number of ether oxygens (including phenoxy) is 1. The Kier molecular flexibility index (Phi) is 4.82. The molecule has 118 valence electrons. The number of hydrogen-bond acceptors (Lipinski definition) is 6. The molecule has 1 amide bonds. The average Bonchev–Trinajstić information content (AvgIpc) is 3.28. The summed E-state index contributed by atoms with van der Waals surface area (Å²) in [5.41, 5.74) is -1.23. The molecule has 1 atom stereocenters. The second-order valence-electron chi connectivity index (χ2n) is 5.40. The van der Waals surface area contributed by atoms with Crippen molar-refractivity contribution >= 4 is 18.0 Å². The van der Waals surface area contributed by atoms with Crippen molar-refractivity contribution in [3.8, 4) is 12.1 Å². The van der Waals surface area contributed by atoms with Crippen molar-refractivity contribution in [2.24, 2.45) is 5.92 Å². The zero-order valence-electron chi connectivity index (χ0n) is 12.5. The Labute approximate surface area is 133 Å². The van der Waals surface area contributed by atoms with Gasteiger partial charge in [-0.25, -0.2) is 4.79 Å². The van der Waals surface area contributed by atoms with E-state index in [2.05, 4.69) is 11.4 Å². The molecular formula is C16H15N3O4. The molecule has 23 heavy (non-hydrogen) atoms. The van der Waals surface area contributed by atoms with Gasteiger partial charge in [0.25, 0.3) is 5.91 Å². The fourth-order valence-electron chi connectivity index (χ4n) is 2.07. The average molecular weight is 313 g/mol. The SMILES string of the molecule is C[C@@](C#N)(NC(=O)COC(=O)/C(C#N)=C/c1ccco1)C1CC1. The normalized spacial score (nSPS) is 16.6. The lowest BCUT2D eigenvalue weighted by Crippen LogP contribution is -2.48. The Morgan fingerprint density at radius 1 is 1.52 bits per heavy atom. The van der Waals surface area contributed by atoms with Crippen LogP contribution in [0.1, 0.15) is 25.5 Å². The van der Waals surface area contributed by atoms with Crippen LogP contribution in [0.15, 0.2) is 28.4 Å². The molecule has 2 rings (SSSR count). The van der Waals surface area contributed by atoms with Crippen molar-refractivity contribution < 1.29 is 18.7 Å². The van der Waals surface area contributed by atoms with Crippen molar-refractivity contribution in [2.75, 3.05) is 6.61 Å². The molecule has 0 saturated heterocycles. The highest BCUT2D eigenvalue weighted by atomic mass is 16.5. The summed E-state index contributed by atoms with van der Waals surface area (Å²) in [6.07, 6.45) is 4.40. The maximum Gasteiger partial charge on any atom is 0.349 e. The second kappa shape index (κ2) is 6.80. The first-order chi connectivity index (χ1) is 11.0. The first kappa shape index (κ1) is 16.3. The van der Waals surface area contributed by atoms with Crippen molar-refractivity contribution in [1.29, 1.82) is 10.5 Å². The molecule has 1 fully saturated rings. The standard InChI is InChI=1S/C16H15N3O4/c1-16(10-18,12-4-5-12)19-14(20)9-23-15(21)11(8-17)7-13-3-2-6-22-13/h2-3,6-7,12H,4-5,9H2,1H3,(H,19,20)/b11-7+/t16-/m0/s1. The number of hydrogen-bond donors (Lipinski definition) is 1. The Morgan fingerprint density at radius 2 is 2.26 bits per heavy atom. The summed E-state index contributed by atoms with van der Waals surface area (Å²) in [4.78, 5) is 23.6. The lowest BCUT2D eigenvalue weighted by atomic mass is 9.98. The maximum atomic E-state index is 11.8. The van der Waals surface area contributed by atoms with Crippen molar-refractivity contribution in [3.63, 3.8) is 0 Å². The molecule has 7 nitrogen and oxygen atoms in total. The van der Waals surface area contributed by atoms with Gasteiger partial charge in [0, 0.05) is 6.08 Å². The van der Waals surface area contributed by atoms with Gasteiger partial charge in [0.2, 0.25) is 0 Å². The Morgan fingerprint density at radius 3 is 2.78 bits per heavy atom. The number of nitrogens with one attached hydrogen (secondary N) is 1. The fraction of sp³-hybridized carbons (Fsp3) is 0.375. The molecule has 1 aromatic rings. The first-order valence-electron chi connectivity index (χ1n) is 7.03. The number of nitrogens with zero attached hydrogens (tertiary/aromatic N) is 2. The van der Waals surface area contributed by atoms with E-state index in [1.807, 2.05) is 0 Å². The van der Waals surface area contributed by atoms with Crippen LogP contribution in [-0.2, 0) is 14.3 Å². The van der Waals surface area contributed by atoms with Crippen molar-refractivity contribution in [3.05, 3.63) is 29.7 Å². The summed E-state index contributed by atoms with van der Waals surface area (Å²) in [6, 6.07) is 6.95. The van der Waals surface area contributed by atoms with Gasteiger partial charge in [0.15, 0.2) is 6.61 Å². The van der Waals surface area contributed by atoms with Crippen LogP contribution in [0.4, 0.5) is 0 Å².